The fraction of sp³-hybridized carbons (Fsp3) is 0.405. The minimum absolute atomic E-state index is 0.140. The number of hydrogen-bond acceptors (Lipinski definition) is 13. The van der Waals surface area contributed by atoms with Crippen molar-refractivity contribution >= 4 is 63.3 Å². The van der Waals surface area contributed by atoms with E-state index in [1.165, 1.54) is 0 Å². The number of rotatable bonds is 8. The summed E-state index contributed by atoms with van der Waals surface area (Å²) in [5.41, 5.74) is 9.21. The van der Waals surface area contributed by atoms with Crippen LogP contribution in [-0.2, 0) is 36.0 Å². The topological polar surface area (TPSA) is 169 Å². The molecule has 10 rings (SSSR count). The van der Waals surface area contributed by atoms with Crippen LogP contribution < -0.4 is 35.4 Å². The highest BCUT2D eigenvalue weighted by molar-refractivity contribution is 6.10. The predicted molar refractivity (Wildman–Crippen MR) is 224 cm³/mol. The Morgan fingerprint density at radius 1 is 0.932 bits per heavy atom. The van der Waals surface area contributed by atoms with E-state index in [0.717, 1.165) is 102 Å². The van der Waals surface area contributed by atoms with Gasteiger partial charge in [-0.05, 0) is 48.7 Å². The maximum atomic E-state index is 13.4. The van der Waals surface area contributed by atoms with Crippen LogP contribution in [0.4, 0.5) is 39.3 Å². The first-order valence-corrected chi connectivity index (χ1v) is 20.4. The van der Waals surface area contributed by atoms with Crippen LogP contribution in [0.2, 0.25) is 0 Å². The molecule has 2 aromatic carbocycles. The normalized spacial score (nSPS) is 18.5. The predicted octanol–water partition coefficient (Wildman–Crippen LogP) is 3.20. The Bertz CT molecular complexity index is 2460. The van der Waals surface area contributed by atoms with Gasteiger partial charge in [0.1, 0.15) is 12.3 Å². The first-order chi connectivity index (χ1) is 28.8. The number of imide groups is 1. The average molecular weight is 798 g/mol. The molecule has 59 heavy (non-hydrogen) atoms. The Morgan fingerprint density at radius 3 is 2.58 bits per heavy atom. The molecule has 0 unspecified atom stereocenters. The van der Waals surface area contributed by atoms with Crippen molar-refractivity contribution in [2.75, 3.05) is 90.8 Å². The third kappa shape index (κ3) is 6.98. The third-order valence-electron chi connectivity index (χ3n) is 12.3. The fourth-order valence-corrected chi connectivity index (χ4v) is 8.96. The summed E-state index contributed by atoms with van der Waals surface area (Å²) in [6.07, 6.45) is 5.28. The van der Waals surface area contributed by atoms with Gasteiger partial charge in [0.15, 0.2) is 5.82 Å². The summed E-state index contributed by atoms with van der Waals surface area (Å²) in [5, 5.41) is 14.8. The molecule has 17 heteroatoms. The van der Waals surface area contributed by atoms with Crippen LogP contribution in [0.25, 0.3) is 10.9 Å². The minimum Gasteiger partial charge on any atom is -0.474 e. The Labute approximate surface area is 341 Å². The van der Waals surface area contributed by atoms with Gasteiger partial charge in [0.25, 0.3) is 0 Å². The SMILES string of the molecule is Cc1c(N2CCc3cnc(Nc4ccc(CC(=O)N5CCN(C6CN(c7cccc8c(N9CCC(=O)NC9=O)nn(C)c78)C6)CC5)cc4)nc3C2)cnc2c1NCCO2. The lowest BCUT2D eigenvalue weighted by Crippen LogP contribution is -2.63. The lowest BCUT2D eigenvalue weighted by Gasteiger charge is -2.49. The molecule has 3 aromatic heterocycles. The molecule has 0 saturated carbocycles. The molecular weight excluding hydrogens is 751 g/mol. The molecule has 0 atom stereocenters. The number of piperazine rings is 1. The Kier molecular flexibility index (Phi) is 9.38. The van der Waals surface area contributed by atoms with Crippen molar-refractivity contribution in [3.05, 3.63) is 77.2 Å². The summed E-state index contributed by atoms with van der Waals surface area (Å²) in [5.74, 6) is 1.65. The second-order valence-electron chi connectivity index (χ2n) is 15.9. The average Bonchev–Trinajstić information content (AvgIpc) is 3.57. The number of urea groups is 1. The smallest absolute Gasteiger partial charge is 0.329 e. The van der Waals surface area contributed by atoms with Crippen molar-refractivity contribution < 1.29 is 19.1 Å². The van der Waals surface area contributed by atoms with Gasteiger partial charge in [-0.3, -0.25) is 29.4 Å². The zero-order valence-corrected chi connectivity index (χ0v) is 33.3. The monoisotopic (exact) mass is 797 g/mol. The summed E-state index contributed by atoms with van der Waals surface area (Å²) in [6, 6.07) is 14.0. The number of ether oxygens (including phenoxy) is 1. The van der Waals surface area contributed by atoms with Crippen LogP contribution in [0.5, 0.6) is 5.88 Å². The summed E-state index contributed by atoms with van der Waals surface area (Å²) in [7, 11) is 1.89. The zero-order valence-electron chi connectivity index (χ0n) is 33.3. The van der Waals surface area contributed by atoms with Gasteiger partial charge in [-0.2, -0.15) is 5.10 Å². The van der Waals surface area contributed by atoms with E-state index in [1.54, 1.807) is 4.90 Å². The number of benzene rings is 2. The Hall–Kier alpha value is -6.49. The second kappa shape index (κ2) is 15.0. The molecule has 5 aliphatic rings. The summed E-state index contributed by atoms with van der Waals surface area (Å²) < 4.78 is 7.55. The summed E-state index contributed by atoms with van der Waals surface area (Å²) in [4.78, 5) is 62.5. The van der Waals surface area contributed by atoms with Crippen molar-refractivity contribution in [3.63, 3.8) is 0 Å². The lowest BCUT2D eigenvalue weighted by molar-refractivity contribution is -0.132. The van der Waals surface area contributed by atoms with Crippen LogP contribution in [0, 0.1) is 6.92 Å². The van der Waals surface area contributed by atoms with E-state index in [-0.39, 0.29) is 18.2 Å². The molecule has 3 fully saturated rings. The van der Waals surface area contributed by atoms with Crippen LogP contribution in [0.1, 0.15) is 28.8 Å². The number of carbonyl (C=O) groups excluding carboxylic acids is 3. The van der Waals surface area contributed by atoms with E-state index in [9.17, 15) is 14.4 Å². The Balaban J connectivity index is 0.708. The molecular formula is C42H47N13O4. The molecule has 5 aliphatic heterocycles. The minimum atomic E-state index is -0.436. The Morgan fingerprint density at radius 2 is 1.76 bits per heavy atom. The maximum Gasteiger partial charge on any atom is 0.329 e. The van der Waals surface area contributed by atoms with Crippen molar-refractivity contribution in [1.29, 1.82) is 0 Å². The number of carbonyl (C=O) groups is 3. The highest BCUT2D eigenvalue weighted by Crippen LogP contribution is 2.38. The highest BCUT2D eigenvalue weighted by Gasteiger charge is 2.36. The van der Waals surface area contributed by atoms with Crippen LogP contribution in [0.3, 0.4) is 0 Å². The molecule has 8 heterocycles. The first kappa shape index (κ1) is 36.8. The number of amides is 4. The van der Waals surface area contributed by atoms with Crippen LogP contribution >= 0.6 is 0 Å². The van der Waals surface area contributed by atoms with Gasteiger partial charge in [0.2, 0.25) is 23.6 Å². The van der Waals surface area contributed by atoms with Crippen molar-refractivity contribution in [2.24, 2.45) is 7.05 Å². The molecule has 0 aliphatic carbocycles. The number of aromatic nitrogens is 5. The van der Waals surface area contributed by atoms with Gasteiger partial charge in [-0.1, -0.05) is 18.2 Å². The van der Waals surface area contributed by atoms with Crippen molar-refractivity contribution in [2.45, 2.75) is 38.8 Å². The molecule has 5 aromatic rings. The molecule has 3 N–H and O–H groups in total. The number of pyridine rings is 1. The summed E-state index contributed by atoms with van der Waals surface area (Å²) >= 11 is 0. The number of anilines is 6. The molecule has 3 saturated heterocycles. The van der Waals surface area contributed by atoms with Gasteiger partial charge in [-0.15, -0.1) is 0 Å². The second-order valence-corrected chi connectivity index (χ2v) is 15.9. The standard InChI is InChI=1S/C42H47N13O4/c1-26-34(22-44-40-37(26)43-12-19-59-40)53-13-10-28-21-45-41(47-32(28)25-53)46-29-8-6-27(7-9-29)20-36(57)52-17-15-51(16-18-52)30-23-54(24-30)33-5-3-4-31-38(33)50(2)49-39(31)55-14-11-35(56)48-42(55)58/h3-9,21-22,30,43H,10-20,23-25H2,1-2H3,(H,45,46,47)(H,48,56,58). The number of nitrogens with zero attached hydrogens (tertiary/aromatic N) is 10. The van der Waals surface area contributed by atoms with E-state index < -0.39 is 6.03 Å². The number of aryl methyl sites for hydroxylation is 1. The van der Waals surface area contributed by atoms with Gasteiger partial charge in [0.05, 0.1) is 41.7 Å². The molecule has 0 spiro atoms. The van der Waals surface area contributed by atoms with Crippen LogP contribution in [0.15, 0.2) is 54.9 Å². The van der Waals surface area contributed by atoms with E-state index in [1.807, 2.05) is 65.4 Å². The van der Waals surface area contributed by atoms with E-state index in [2.05, 4.69) is 58.7 Å². The molecule has 0 bridgehead atoms. The highest BCUT2D eigenvalue weighted by atomic mass is 16.5. The quantitative estimate of drug-likeness (QED) is 0.210. The maximum absolute atomic E-state index is 13.4. The summed E-state index contributed by atoms with van der Waals surface area (Å²) in [6.45, 7) is 10.2. The van der Waals surface area contributed by atoms with E-state index in [4.69, 9.17) is 9.72 Å². The number of para-hydroxylation sites is 1. The molecule has 304 valence electrons. The lowest BCUT2D eigenvalue weighted by atomic mass is 10.0. The first-order valence-electron chi connectivity index (χ1n) is 20.4. The number of fused-ring (bicyclic) bond motifs is 3. The number of hydrogen-bond donors (Lipinski definition) is 3. The zero-order chi connectivity index (χ0) is 40.2. The molecule has 0 radical (unpaired) electrons. The van der Waals surface area contributed by atoms with Crippen LogP contribution in [-0.4, -0.2) is 124 Å². The number of nitrogens with one attached hydrogen (secondary N) is 3. The molecule has 17 nitrogen and oxygen atoms in total. The van der Waals surface area contributed by atoms with Gasteiger partial charge in [-0.25, -0.2) is 19.7 Å². The van der Waals surface area contributed by atoms with Gasteiger partial charge < -0.3 is 30.1 Å². The van der Waals surface area contributed by atoms with Crippen molar-refractivity contribution in [3.8, 4) is 5.88 Å². The molecule has 4 amide bonds. The fourth-order valence-electron chi connectivity index (χ4n) is 8.96. The van der Waals surface area contributed by atoms with Crippen molar-refractivity contribution in [1.82, 2.24) is 39.8 Å². The van der Waals surface area contributed by atoms with E-state index >= 15 is 0 Å². The van der Waals surface area contributed by atoms with Gasteiger partial charge >= 0.3 is 6.03 Å². The largest absolute Gasteiger partial charge is 0.474 e. The van der Waals surface area contributed by atoms with Gasteiger partial charge in [0, 0.05) is 101 Å². The third-order valence-corrected chi connectivity index (χ3v) is 12.3. The van der Waals surface area contributed by atoms with E-state index in [0.29, 0.717) is 62.9 Å².